The van der Waals surface area contributed by atoms with E-state index in [0.29, 0.717) is 17.0 Å². The van der Waals surface area contributed by atoms with Crippen molar-refractivity contribution in [2.75, 3.05) is 11.9 Å². The zero-order valence-electron chi connectivity index (χ0n) is 13.1. The van der Waals surface area contributed by atoms with Gasteiger partial charge in [0.2, 0.25) is 0 Å². The Kier molecular flexibility index (Phi) is 4.02. The molecule has 2 amide bonds. The zero-order valence-corrected chi connectivity index (χ0v) is 13.1. The van der Waals surface area contributed by atoms with E-state index in [4.69, 9.17) is 4.74 Å². The number of aryl methyl sites for hydroxylation is 1. The molecule has 0 spiro atoms. The molecule has 0 aliphatic carbocycles. The van der Waals surface area contributed by atoms with Crippen LogP contribution in [0.2, 0.25) is 0 Å². The minimum Gasteiger partial charge on any atom is -0.482 e. The molecule has 0 radical (unpaired) electrons. The first-order valence-corrected chi connectivity index (χ1v) is 7.47. The lowest BCUT2D eigenvalue weighted by Gasteiger charge is -2.21. The Morgan fingerprint density at radius 3 is 2.70 bits per heavy atom. The number of hydrogen-bond donors (Lipinski definition) is 2. The minimum atomic E-state index is -0.187. The van der Waals surface area contributed by atoms with Crippen LogP contribution in [0.15, 0.2) is 42.5 Å². The molecule has 118 valence electrons. The molecule has 1 aliphatic heterocycles. The van der Waals surface area contributed by atoms with Crippen LogP contribution in [-0.4, -0.2) is 18.4 Å². The van der Waals surface area contributed by atoms with E-state index in [0.717, 1.165) is 11.1 Å². The van der Waals surface area contributed by atoms with Crippen LogP contribution < -0.4 is 15.4 Å². The fourth-order valence-electron chi connectivity index (χ4n) is 2.44. The Morgan fingerprint density at radius 2 is 1.96 bits per heavy atom. The van der Waals surface area contributed by atoms with Gasteiger partial charge in [0.15, 0.2) is 6.61 Å². The minimum absolute atomic E-state index is 0.0338. The molecule has 0 aromatic heterocycles. The van der Waals surface area contributed by atoms with Gasteiger partial charge >= 0.3 is 0 Å². The smallest absolute Gasteiger partial charge is 0.262 e. The number of ether oxygens (including phenoxy) is 1. The highest BCUT2D eigenvalue weighted by molar-refractivity contribution is 5.96. The van der Waals surface area contributed by atoms with Crippen LogP contribution in [0.3, 0.4) is 0 Å². The number of carbonyl (C=O) groups is 2. The molecular formula is C18H18N2O3. The molecule has 5 nitrogen and oxygen atoms in total. The largest absolute Gasteiger partial charge is 0.482 e. The van der Waals surface area contributed by atoms with Gasteiger partial charge in [-0.05, 0) is 43.7 Å². The fourth-order valence-corrected chi connectivity index (χ4v) is 2.44. The number of benzene rings is 2. The molecule has 1 aliphatic rings. The van der Waals surface area contributed by atoms with Crippen molar-refractivity contribution < 1.29 is 14.3 Å². The number of carbonyl (C=O) groups excluding carboxylic acids is 2. The highest BCUT2D eigenvalue weighted by Crippen LogP contribution is 2.30. The van der Waals surface area contributed by atoms with E-state index in [2.05, 4.69) is 10.6 Å². The van der Waals surface area contributed by atoms with Gasteiger partial charge in [-0.25, -0.2) is 0 Å². The van der Waals surface area contributed by atoms with Crippen molar-refractivity contribution in [3.63, 3.8) is 0 Å². The van der Waals surface area contributed by atoms with Gasteiger partial charge in [0, 0.05) is 5.56 Å². The second-order valence-electron chi connectivity index (χ2n) is 5.65. The first kappa shape index (κ1) is 15.1. The van der Waals surface area contributed by atoms with Crippen molar-refractivity contribution in [3.05, 3.63) is 59.2 Å². The van der Waals surface area contributed by atoms with Crippen molar-refractivity contribution in [2.45, 2.75) is 19.9 Å². The summed E-state index contributed by atoms with van der Waals surface area (Å²) in [5.41, 5.74) is 3.27. The number of fused-ring (bicyclic) bond motifs is 1. The number of amides is 2. The molecule has 1 unspecified atom stereocenters. The van der Waals surface area contributed by atoms with Gasteiger partial charge in [0.25, 0.3) is 11.8 Å². The lowest BCUT2D eigenvalue weighted by Crippen LogP contribution is -2.28. The molecule has 0 saturated carbocycles. The van der Waals surface area contributed by atoms with E-state index in [1.807, 2.05) is 38.1 Å². The lowest BCUT2D eigenvalue weighted by atomic mass is 10.1. The van der Waals surface area contributed by atoms with Crippen LogP contribution >= 0.6 is 0 Å². The second kappa shape index (κ2) is 6.12. The van der Waals surface area contributed by atoms with Crippen molar-refractivity contribution in [1.29, 1.82) is 0 Å². The third-order valence-electron chi connectivity index (χ3n) is 3.80. The fraction of sp³-hybridized carbons (Fsp3) is 0.222. The van der Waals surface area contributed by atoms with Crippen LogP contribution in [-0.2, 0) is 4.79 Å². The standard InChI is InChI=1S/C18H18N2O3/c1-11-3-5-13(6-4-11)18(22)19-12(2)14-7-8-16-15(9-14)20-17(21)10-23-16/h3-9,12H,10H2,1-2H3,(H,19,22)(H,20,21). The third-order valence-corrected chi connectivity index (χ3v) is 3.80. The van der Waals surface area contributed by atoms with E-state index in [9.17, 15) is 9.59 Å². The molecule has 0 bridgehead atoms. The first-order chi connectivity index (χ1) is 11.0. The molecule has 2 N–H and O–H groups in total. The highest BCUT2D eigenvalue weighted by atomic mass is 16.5. The summed E-state index contributed by atoms with van der Waals surface area (Å²) in [5, 5.41) is 5.73. The summed E-state index contributed by atoms with van der Waals surface area (Å²) in [6.45, 7) is 3.92. The maximum absolute atomic E-state index is 12.3. The van der Waals surface area contributed by atoms with Gasteiger partial charge in [-0.2, -0.15) is 0 Å². The number of anilines is 1. The zero-order chi connectivity index (χ0) is 16.4. The van der Waals surface area contributed by atoms with Gasteiger partial charge in [-0.1, -0.05) is 23.8 Å². The maximum Gasteiger partial charge on any atom is 0.262 e. The van der Waals surface area contributed by atoms with E-state index in [1.165, 1.54) is 0 Å². The summed E-state index contributed by atoms with van der Waals surface area (Å²) in [4.78, 5) is 23.7. The van der Waals surface area contributed by atoms with E-state index in [-0.39, 0.29) is 24.5 Å². The van der Waals surface area contributed by atoms with Crippen LogP contribution in [0.4, 0.5) is 5.69 Å². The lowest BCUT2D eigenvalue weighted by molar-refractivity contribution is -0.118. The predicted octanol–water partition coefficient (Wildman–Crippen LogP) is 2.82. The predicted molar refractivity (Wildman–Crippen MR) is 87.6 cm³/mol. The number of hydrogen-bond acceptors (Lipinski definition) is 3. The summed E-state index contributed by atoms with van der Waals surface area (Å²) >= 11 is 0. The number of nitrogens with one attached hydrogen (secondary N) is 2. The third kappa shape index (κ3) is 3.34. The Bertz CT molecular complexity index is 753. The average Bonchev–Trinajstić information content (AvgIpc) is 2.54. The van der Waals surface area contributed by atoms with Gasteiger partial charge < -0.3 is 15.4 Å². The second-order valence-corrected chi connectivity index (χ2v) is 5.65. The van der Waals surface area contributed by atoms with Crippen LogP contribution in [0.5, 0.6) is 5.75 Å². The summed E-state index contributed by atoms with van der Waals surface area (Å²) in [6, 6.07) is 12.8. The van der Waals surface area contributed by atoms with Crippen LogP contribution in [0, 0.1) is 6.92 Å². The molecule has 5 heteroatoms. The van der Waals surface area contributed by atoms with Crippen molar-refractivity contribution in [3.8, 4) is 5.75 Å². The SMILES string of the molecule is Cc1ccc(C(=O)NC(C)c2ccc3c(c2)NC(=O)CO3)cc1. The summed E-state index contributed by atoms with van der Waals surface area (Å²) < 4.78 is 5.33. The summed E-state index contributed by atoms with van der Waals surface area (Å²) in [7, 11) is 0. The molecule has 1 heterocycles. The maximum atomic E-state index is 12.3. The molecule has 3 rings (SSSR count). The molecule has 2 aromatic rings. The monoisotopic (exact) mass is 310 g/mol. The normalized spacial score (nSPS) is 14.3. The quantitative estimate of drug-likeness (QED) is 0.916. The number of rotatable bonds is 3. The molecule has 23 heavy (non-hydrogen) atoms. The average molecular weight is 310 g/mol. The Hall–Kier alpha value is -2.82. The van der Waals surface area contributed by atoms with E-state index in [1.54, 1.807) is 18.2 Å². The Morgan fingerprint density at radius 1 is 1.22 bits per heavy atom. The van der Waals surface area contributed by atoms with Crippen LogP contribution in [0.25, 0.3) is 0 Å². The highest BCUT2D eigenvalue weighted by Gasteiger charge is 2.18. The molecule has 2 aromatic carbocycles. The summed E-state index contributed by atoms with van der Waals surface area (Å²) in [6.07, 6.45) is 0. The van der Waals surface area contributed by atoms with Crippen molar-refractivity contribution in [1.82, 2.24) is 5.32 Å². The van der Waals surface area contributed by atoms with E-state index < -0.39 is 0 Å². The van der Waals surface area contributed by atoms with Crippen molar-refractivity contribution in [2.24, 2.45) is 0 Å². The van der Waals surface area contributed by atoms with Crippen molar-refractivity contribution >= 4 is 17.5 Å². The Balaban J connectivity index is 1.74. The molecule has 0 fully saturated rings. The summed E-state index contributed by atoms with van der Waals surface area (Å²) in [5.74, 6) is 0.340. The van der Waals surface area contributed by atoms with E-state index >= 15 is 0 Å². The first-order valence-electron chi connectivity index (χ1n) is 7.47. The van der Waals surface area contributed by atoms with Crippen LogP contribution in [0.1, 0.15) is 34.5 Å². The van der Waals surface area contributed by atoms with Gasteiger partial charge in [0.1, 0.15) is 5.75 Å². The molecular weight excluding hydrogens is 292 g/mol. The van der Waals surface area contributed by atoms with Gasteiger partial charge in [0.05, 0.1) is 11.7 Å². The topological polar surface area (TPSA) is 67.4 Å². The Labute approximate surface area is 134 Å². The van der Waals surface area contributed by atoms with Gasteiger partial charge in [-0.3, -0.25) is 9.59 Å². The van der Waals surface area contributed by atoms with Gasteiger partial charge in [-0.15, -0.1) is 0 Å². The molecule has 0 saturated heterocycles. The molecule has 1 atom stereocenters.